The number of hydrogen-bond donors (Lipinski definition) is 1. The van der Waals surface area contributed by atoms with Gasteiger partial charge in [0.25, 0.3) is 0 Å². The van der Waals surface area contributed by atoms with Gasteiger partial charge in [-0.1, -0.05) is 42.5 Å². The predicted octanol–water partition coefficient (Wildman–Crippen LogP) is 2.06. The lowest BCUT2D eigenvalue weighted by Gasteiger charge is -2.21. The van der Waals surface area contributed by atoms with Crippen molar-refractivity contribution in [2.45, 2.75) is 19.4 Å². The SMILES string of the molecule is C=C(C)CN(C)CC(N)Cc1ccccc1. The fourth-order valence-corrected chi connectivity index (χ4v) is 1.91. The van der Waals surface area contributed by atoms with E-state index in [-0.39, 0.29) is 6.04 Å². The molecule has 0 aromatic heterocycles. The third-order valence-electron chi connectivity index (χ3n) is 2.43. The number of likely N-dealkylation sites (N-methyl/N-ethyl adjacent to an activating group) is 1. The van der Waals surface area contributed by atoms with Crippen LogP contribution in [0.4, 0.5) is 0 Å². The summed E-state index contributed by atoms with van der Waals surface area (Å²) in [7, 11) is 2.08. The van der Waals surface area contributed by atoms with E-state index >= 15 is 0 Å². The summed E-state index contributed by atoms with van der Waals surface area (Å²) in [6.07, 6.45) is 0.932. The number of nitrogens with zero attached hydrogens (tertiary/aromatic N) is 1. The van der Waals surface area contributed by atoms with Crippen LogP contribution in [-0.2, 0) is 6.42 Å². The second kappa shape index (κ2) is 6.46. The monoisotopic (exact) mass is 218 g/mol. The Hall–Kier alpha value is -1.12. The molecule has 0 aliphatic heterocycles. The molecular formula is C14H22N2. The maximum Gasteiger partial charge on any atom is 0.0208 e. The lowest BCUT2D eigenvalue weighted by Crippen LogP contribution is -2.37. The van der Waals surface area contributed by atoms with E-state index in [1.807, 2.05) is 13.0 Å². The minimum Gasteiger partial charge on any atom is -0.326 e. The minimum absolute atomic E-state index is 0.187. The van der Waals surface area contributed by atoms with Crippen molar-refractivity contribution in [2.75, 3.05) is 20.1 Å². The highest BCUT2D eigenvalue weighted by Crippen LogP contribution is 2.03. The molecule has 0 spiro atoms. The zero-order valence-electron chi connectivity index (χ0n) is 10.3. The quantitative estimate of drug-likeness (QED) is 0.741. The first-order chi connectivity index (χ1) is 7.58. The lowest BCUT2D eigenvalue weighted by molar-refractivity contribution is 0.333. The molecule has 0 saturated carbocycles. The van der Waals surface area contributed by atoms with Gasteiger partial charge in [0.05, 0.1) is 0 Å². The number of rotatable bonds is 6. The predicted molar refractivity (Wildman–Crippen MR) is 70.4 cm³/mol. The van der Waals surface area contributed by atoms with E-state index in [0.29, 0.717) is 0 Å². The smallest absolute Gasteiger partial charge is 0.0208 e. The van der Waals surface area contributed by atoms with Crippen molar-refractivity contribution in [3.05, 3.63) is 48.0 Å². The Labute approximate surface area is 98.8 Å². The van der Waals surface area contributed by atoms with Gasteiger partial charge >= 0.3 is 0 Å². The van der Waals surface area contributed by atoms with Crippen LogP contribution < -0.4 is 5.73 Å². The molecule has 88 valence electrons. The standard InChI is InChI=1S/C14H22N2/c1-12(2)10-16(3)11-14(15)9-13-7-5-4-6-8-13/h4-8,14H,1,9-11,15H2,2-3H3. The summed E-state index contributed by atoms with van der Waals surface area (Å²) in [5.41, 5.74) is 8.59. The van der Waals surface area contributed by atoms with Crippen LogP contribution in [0.1, 0.15) is 12.5 Å². The van der Waals surface area contributed by atoms with E-state index in [0.717, 1.165) is 19.5 Å². The molecule has 2 N–H and O–H groups in total. The van der Waals surface area contributed by atoms with Gasteiger partial charge in [0.2, 0.25) is 0 Å². The molecule has 0 aliphatic carbocycles. The Bertz CT molecular complexity index is 319. The highest BCUT2D eigenvalue weighted by Gasteiger charge is 2.07. The van der Waals surface area contributed by atoms with Crippen molar-refractivity contribution in [1.82, 2.24) is 4.90 Å². The maximum absolute atomic E-state index is 6.11. The molecule has 0 heterocycles. The van der Waals surface area contributed by atoms with Crippen LogP contribution >= 0.6 is 0 Å². The molecular weight excluding hydrogens is 196 g/mol. The fourth-order valence-electron chi connectivity index (χ4n) is 1.91. The lowest BCUT2D eigenvalue weighted by atomic mass is 10.1. The minimum atomic E-state index is 0.187. The topological polar surface area (TPSA) is 29.3 Å². The normalized spacial score (nSPS) is 12.8. The van der Waals surface area contributed by atoms with Gasteiger partial charge < -0.3 is 10.6 Å². The van der Waals surface area contributed by atoms with Crippen LogP contribution in [0.3, 0.4) is 0 Å². The summed E-state index contributed by atoms with van der Waals surface area (Å²) in [6, 6.07) is 10.6. The highest BCUT2D eigenvalue weighted by molar-refractivity contribution is 5.15. The second-order valence-corrected chi connectivity index (χ2v) is 4.60. The molecule has 16 heavy (non-hydrogen) atoms. The summed E-state index contributed by atoms with van der Waals surface area (Å²) in [4.78, 5) is 2.22. The highest BCUT2D eigenvalue weighted by atomic mass is 15.1. The van der Waals surface area contributed by atoms with Gasteiger partial charge in [-0.3, -0.25) is 0 Å². The number of nitrogens with two attached hydrogens (primary N) is 1. The van der Waals surface area contributed by atoms with Gasteiger partial charge in [0.15, 0.2) is 0 Å². The van der Waals surface area contributed by atoms with Crippen molar-refractivity contribution in [3.63, 3.8) is 0 Å². The zero-order valence-corrected chi connectivity index (χ0v) is 10.3. The van der Waals surface area contributed by atoms with Crippen molar-refractivity contribution in [2.24, 2.45) is 5.73 Å². The average molecular weight is 218 g/mol. The number of hydrogen-bond acceptors (Lipinski definition) is 2. The first kappa shape index (κ1) is 12.9. The molecule has 1 rings (SSSR count). The summed E-state index contributed by atoms with van der Waals surface area (Å²) in [6.45, 7) is 7.77. The van der Waals surface area contributed by atoms with Crippen LogP contribution in [0.2, 0.25) is 0 Å². The molecule has 1 aromatic carbocycles. The van der Waals surface area contributed by atoms with E-state index in [2.05, 4.69) is 42.8 Å². The first-order valence-corrected chi connectivity index (χ1v) is 5.70. The van der Waals surface area contributed by atoms with Crippen LogP contribution in [-0.4, -0.2) is 31.1 Å². The van der Waals surface area contributed by atoms with Crippen molar-refractivity contribution in [1.29, 1.82) is 0 Å². The molecule has 2 heteroatoms. The maximum atomic E-state index is 6.11. The average Bonchev–Trinajstić information content (AvgIpc) is 2.17. The molecule has 2 nitrogen and oxygen atoms in total. The summed E-state index contributed by atoms with van der Waals surface area (Å²) in [5, 5.41) is 0. The van der Waals surface area contributed by atoms with Gasteiger partial charge in [-0.2, -0.15) is 0 Å². The zero-order chi connectivity index (χ0) is 12.0. The summed E-state index contributed by atoms with van der Waals surface area (Å²) in [5.74, 6) is 0. The molecule has 1 unspecified atom stereocenters. The van der Waals surface area contributed by atoms with E-state index in [1.54, 1.807) is 0 Å². The van der Waals surface area contributed by atoms with E-state index in [1.165, 1.54) is 11.1 Å². The molecule has 0 amide bonds. The molecule has 0 aliphatic rings. The third kappa shape index (κ3) is 5.10. The first-order valence-electron chi connectivity index (χ1n) is 5.70. The van der Waals surface area contributed by atoms with Crippen molar-refractivity contribution < 1.29 is 0 Å². The van der Waals surface area contributed by atoms with Crippen LogP contribution in [0.15, 0.2) is 42.5 Å². The summed E-state index contributed by atoms with van der Waals surface area (Å²) >= 11 is 0. The van der Waals surface area contributed by atoms with Gasteiger partial charge in [-0.25, -0.2) is 0 Å². The van der Waals surface area contributed by atoms with Crippen LogP contribution in [0.25, 0.3) is 0 Å². The third-order valence-corrected chi connectivity index (χ3v) is 2.43. The van der Waals surface area contributed by atoms with Gasteiger partial charge in [-0.05, 0) is 26.0 Å². The van der Waals surface area contributed by atoms with Gasteiger partial charge in [0.1, 0.15) is 0 Å². The van der Waals surface area contributed by atoms with Gasteiger partial charge in [0, 0.05) is 19.1 Å². The van der Waals surface area contributed by atoms with E-state index < -0.39 is 0 Å². The van der Waals surface area contributed by atoms with Crippen LogP contribution in [0, 0.1) is 0 Å². The Kier molecular flexibility index (Phi) is 5.23. The molecule has 0 saturated heterocycles. The molecule has 0 bridgehead atoms. The Morgan fingerprint density at radius 2 is 2.00 bits per heavy atom. The largest absolute Gasteiger partial charge is 0.326 e. The summed E-state index contributed by atoms with van der Waals surface area (Å²) < 4.78 is 0. The Morgan fingerprint density at radius 3 is 2.56 bits per heavy atom. The van der Waals surface area contributed by atoms with Crippen molar-refractivity contribution in [3.8, 4) is 0 Å². The fraction of sp³-hybridized carbons (Fsp3) is 0.429. The van der Waals surface area contributed by atoms with Crippen molar-refractivity contribution >= 4 is 0 Å². The molecule has 1 atom stereocenters. The molecule has 1 aromatic rings. The van der Waals surface area contributed by atoms with E-state index in [4.69, 9.17) is 5.73 Å². The number of benzene rings is 1. The van der Waals surface area contributed by atoms with Gasteiger partial charge in [-0.15, -0.1) is 0 Å². The molecule has 0 radical (unpaired) electrons. The van der Waals surface area contributed by atoms with E-state index in [9.17, 15) is 0 Å². The molecule has 0 fully saturated rings. The second-order valence-electron chi connectivity index (χ2n) is 4.60. The Balaban J connectivity index is 2.36. The Morgan fingerprint density at radius 1 is 1.38 bits per heavy atom. The van der Waals surface area contributed by atoms with Crippen LogP contribution in [0.5, 0.6) is 0 Å².